The summed E-state index contributed by atoms with van der Waals surface area (Å²) in [5, 5.41) is 5.87. The maximum atomic E-state index is 12.3. The van der Waals surface area contributed by atoms with Gasteiger partial charge in [0.25, 0.3) is 0 Å². The maximum absolute atomic E-state index is 12.3. The van der Waals surface area contributed by atoms with Crippen molar-refractivity contribution in [2.45, 2.75) is 121 Å². The van der Waals surface area contributed by atoms with Crippen molar-refractivity contribution in [3.8, 4) is 0 Å². The summed E-state index contributed by atoms with van der Waals surface area (Å²) in [6, 6.07) is 0. The molecule has 0 aromatic rings. The highest BCUT2D eigenvalue weighted by atomic mass is 16.1. The van der Waals surface area contributed by atoms with Crippen LogP contribution in [0, 0.1) is 0 Å². The first-order valence-corrected chi connectivity index (χ1v) is 12.6. The fraction of sp³-hybridized carbons (Fsp3) is 0.833. The summed E-state index contributed by atoms with van der Waals surface area (Å²) >= 11 is 0. The van der Waals surface area contributed by atoms with E-state index < -0.39 is 0 Å². The number of carbonyl (C=O) groups is 2. The molecule has 0 heterocycles. The maximum Gasteiger partial charge on any atom is 0.236 e. The van der Waals surface area contributed by atoms with E-state index in [1.165, 1.54) is 77.0 Å². The fourth-order valence-electron chi connectivity index (χ4n) is 4.76. The van der Waals surface area contributed by atoms with Gasteiger partial charge in [-0.2, -0.15) is 0 Å². The standard InChI is InChI=1S/C24H42B2N2O2/c1-20(28-24(30)26-22-16-12-8-5-9-13-17-22)18-19-27-23(29)25-21-14-10-6-3-2-4-7-11-15-21/h21-22H,1-19H2,(H,27,29)(H,28,30). The normalized spacial score (nSPS) is 20.3. The predicted octanol–water partition coefficient (Wildman–Crippen LogP) is 6.56. The molecule has 0 aromatic carbocycles. The molecule has 2 amide bonds. The summed E-state index contributed by atoms with van der Waals surface area (Å²) < 4.78 is 0. The smallest absolute Gasteiger partial charge is 0.236 e. The second-order valence-corrected chi connectivity index (χ2v) is 9.38. The van der Waals surface area contributed by atoms with Crippen LogP contribution < -0.4 is 10.6 Å². The highest BCUT2D eigenvalue weighted by molar-refractivity contribution is 6.75. The Morgan fingerprint density at radius 2 is 1.07 bits per heavy atom. The van der Waals surface area contributed by atoms with Crippen LogP contribution in [0.1, 0.15) is 109 Å². The van der Waals surface area contributed by atoms with E-state index in [-0.39, 0.29) is 11.6 Å². The van der Waals surface area contributed by atoms with E-state index in [4.69, 9.17) is 0 Å². The predicted molar refractivity (Wildman–Crippen MR) is 129 cm³/mol. The molecule has 2 rings (SSSR count). The van der Waals surface area contributed by atoms with E-state index in [0.717, 1.165) is 25.7 Å². The molecule has 2 aliphatic rings. The van der Waals surface area contributed by atoms with Gasteiger partial charge in [-0.15, -0.1) is 0 Å². The topological polar surface area (TPSA) is 58.2 Å². The molecule has 2 aliphatic carbocycles. The van der Waals surface area contributed by atoms with Crippen LogP contribution in [0.3, 0.4) is 0 Å². The van der Waals surface area contributed by atoms with Crippen molar-refractivity contribution >= 4 is 26.2 Å². The van der Waals surface area contributed by atoms with Crippen molar-refractivity contribution in [1.29, 1.82) is 0 Å². The van der Waals surface area contributed by atoms with Crippen molar-refractivity contribution in [2.75, 3.05) is 6.54 Å². The molecule has 166 valence electrons. The average molecular weight is 412 g/mol. The zero-order valence-electron chi connectivity index (χ0n) is 19.1. The molecule has 0 atom stereocenters. The molecule has 4 nitrogen and oxygen atoms in total. The third-order valence-corrected chi connectivity index (χ3v) is 6.60. The Hall–Kier alpha value is -1.19. The van der Waals surface area contributed by atoms with Crippen molar-refractivity contribution in [3.63, 3.8) is 0 Å². The number of rotatable bonds is 8. The highest BCUT2D eigenvalue weighted by Crippen LogP contribution is 2.26. The molecule has 30 heavy (non-hydrogen) atoms. The Balaban J connectivity index is 1.58. The van der Waals surface area contributed by atoms with Gasteiger partial charge in [-0.25, -0.2) is 0 Å². The van der Waals surface area contributed by atoms with Gasteiger partial charge in [0, 0.05) is 18.7 Å². The summed E-state index contributed by atoms with van der Waals surface area (Å²) in [7, 11) is 3.74. The van der Waals surface area contributed by atoms with Crippen LogP contribution in [0.25, 0.3) is 0 Å². The Labute approximate surface area is 186 Å². The van der Waals surface area contributed by atoms with Gasteiger partial charge in [0.15, 0.2) is 11.6 Å². The quantitative estimate of drug-likeness (QED) is 0.444. The summed E-state index contributed by atoms with van der Waals surface area (Å²) in [6.45, 7) is 4.48. The van der Waals surface area contributed by atoms with Crippen LogP contribution in [0.2, 0.25) is 11.6 Å². The first-order valence-electron chi connectivity index (χ1n) is 12.6. The van der Waals surface area contributed by atoms with Gasteiger partial charge in [-0.05, 0) is 0 Å². The van der Waals surface area contributed by atoms with E-state index >= 15 is 0 Å². The first kappa shape index (κ1) is 25.1. The minimum absolute atomic E-state index is 0.0252. The SMILES string of the molecule is C=C(CCNC(=O)[B]C1CCCCCCCCC1)NC(=O)[B]C1CCCCCCC1. The third-order valence-electron chi connectivity index (χ3n) is 6.60. The van der Waals surface area contributed by atoms with Crippen LogP contribution in [0.5, 0.6) is 0 Å². The number of nitrogens with one attached hydrogen (secondary N) is 2. The van der Waals surface area contributed by atoms with Crippen molar-refractivity contribution in [3.05, 3.63) is 12.3 Å². The van der Waals surface area contributed by atoms with Gasteiger partial charge >= 0.3 is 0 Å². The molecular weight excluding hydrogens is 370 g/mol. The number of hydrogen-bond donors (Lipinski definition) is 2. The number of carbonyl (C=O) groups excluding carboxylic acids is 2. The molecule has 0 aromatic heterocycles. The van der Waals surface area contributed by atoms with Gasteiger partial charge in [0.05, 0.1) is 0 Å². The van der Waals surface area contributed by atoms with Crippen LogP contribution in [-0.2, 0) is 0 Å². The lowest BCUT2D eigenvalue weighted by Gasteiger charge is -2.19. The van der Waals surface area contributed by atoms with Crippen LogP contribution >= 0.6 is 0 Å². The van der Waals surface area contributed by atoms with E-state index in [1.54, 1.807) is 0 Å². The summed E-state index contributed by atoms with van der Waals surface area (Å²) in [5.41, 5.74) is 0.682. The largest absolute Gasteiger partial charge is 0.365 e. The Morgan fingerprint density at radius 1 is 0.667 bits per heavy atom. The molecule has 0 saturated heterocycles. The molecule has 2 saturated carbocycles. The van der Waals surface area contributed by atoms with E-state index in [1.807, 2.05) is 14.6 Å². The van der Waals surface area contributed by atoms with Crippen molar-refractivity contribution in [1.82, 2.24) is 10.6 Å². The van der Waals surface area contributed by atoms with Crippen LogP contribution in [0.15, 0.2) is 12.3 Å². The molecule has 2 radical (unpaired) electrons. The first-order chi connectivity index (χ1) is 14.6. The van der Waals surface area contributed by atoms with Gasteiger partial charge < -0.3 is 10.6 Å². The summed E-state index contributed by atoms with van der Waals surface area (Å²) in [4.78, 5) is 24.6. The molecule has 2 fully saturated rings. The molecule has 6 heteroatoms. The zero-order valence-corrected chi connectivity index (χ0v) is 19.1. The molecule has 0 bridgehead atoms. The van der Waals surface area contributed by atoms with Crippen LogP contribution in [-0.4, -0.2) is 32.7 Å². The lowest BCUT2D eigenvalue weighted by molar-refractivity contribution is 0.258. The molecular formula is C24H42B2N2O2. The van der Waals surface area contributed by atoms with Crippen molar-refractivity contribution in [2.24, 2.45) is 0 Å². The number of hydrogen-bond acceptors (Lipinski definition) is 2. The minimum Gasteiger partial charge on any atom is -0.365 e. The fourth-order valence-corrected chi connectivity index (χ4v) is 4.76. The van der Waals surface area contributed by atoms with E-state index in [0.29, 0.717) is 30.3 Å². The molecule has 0 aliphatic heterocycles. The Bertz CT molecular complexity index is 509. The van der Waals surface area contributed by atoms with Crippen molar-refractivity contribution < 1.29 is 9.59 Å². The van der Waals surface area contributed by atoms with Gasteiger partial charge in [0.1, 0.15) is 0 Å². The van der Waals surface area contributed by atoms with Crippen LogP contribution in [0.4, 0.5) is 9.59 Å². The minimum atomic E-state index is -0.0371. The lowest BCUT2D eigenvalue weighted by atomic mass is 9.59. The Kier molecular flexibility index (Phi) is 13.0. The van der Waals surface area contributed by atoms with E-state index in [2.05, 4.69) is 17.2 Å². The zero-order chi connectivity index (χ0) is 21.4. The number of amides is 2. The molecule has 0 unspecified atom stereocenters. The lowest BCUT2D eigenvalue weighted by Crippen LogP contribution is -2.33. The second kappa shape index (κ2) is 15.6. The average Bonchev–Trinajstić information content (AvgIpc) is 2.68. The van der Waals surface area contributed by atoms with Gasteiger partial charge in [-0.3, -0.25) is 9.59 Å². The Morgan fingerprint density at radius 3 is 1.53 bits per heavy atom. The second-order valence-electron chi connectivity index (χ2n) is 9.38. The van der Waals surface area contributed by atoms with Gasteiger partial charge in [0.2, 0.25) is 14.6 Å². The van der Waals surface area contributed by atoms with Gasteiger partial charge in [-0.1, -0.05) is 121 Å². The molecule has 0 spiro atoms. The van der Waals surface area contributed by atoms with E-state index in [9.17, 15) is 9.59 Å². The third kappa shape index (κ3) is 11.9. The summed E-state index contributed by atoms with van der Waals surface area (Å²) in [6.07, 6.45) is 20.5. The monoisotopic (exact) mass is 412 g/mol. The highest BCUT2D eigenvalue weighted by Gasteiger charge is 2.19. The molecule has 2 N–H and O–H groups in total. The summed E-state index contributed by atoms with van der Waals surface area (Å²) in [5.74, 6) is 0.788.